The lowest BCUT2D eigenvalue weighted by Gasteiger charge is -2.33. The molecule has 0 radical (unpaired) electrons. The quantitative estimate of drug-likeness (QED) is 0.711. The molecule has 2 aromatic rings. The average Bonchev–Trinajstić information content (AvgIpc) is 3.29. The Hall–Kier alpha value is -2.22. The number of alkyl halides is 3. The Labute approximate surface area is 171 Å². The highest BCUT2D eigenvalue weighted by molar-refractivity contribution is 6.36. The number of benzene rings is 1. The Kier molecular flexibility index (Phi) is 5.23. The predicted molar refractivity (Wildman–Crippen MR) is 104 cm³/mol. The number of carbonyl (C=O) groups excluding carboxylic acids is 1. The van der Waals surface area contributed by atoms with Crippen LogP contribution in [0.4, 0.5) is 19.0 Å². The van der Waals surface area contributed by atoms with Crippen LogP contribution in [0.5, 0.6) is 0 Å². The number of nitrogens with one attached hydrogen (secondary N) is 2. The summed E-state index contributed by atoms with van der Waals surface area (Å²) in [6.45, 7) is 1.91. The first-order chi connectivity index (χ1) is 13.7. The molecule has 0 bridgehead atoms. The fraction of sp³-hybridized carbons (Fsp3) is 0.500. The highest BCUT2D eigenvalue weighted by atomic mass is 35.5. The molecular weight excluding hydrogens is 405 g/mol. The number of amides is 1. The molecule has 1 fully saturated rings. The molecule has 1 aromatic heterocycles. The van der Waals surface area contributed by atoms with E-state index in [1.807, 2.05) is 19.1 Å². The minimum atomic E-state index is -4.52. The maximum absolute atomic E-state index is 13.8. The van der Waals surface area contributed by atoms with Crippen molar-refractivity contribution >= 4 is 23.3 Å². The van der Waals surface area contributed by atoms with Crippen LogP contribution in [-0.4, -0.2) is 27.9 Å². The monoisotopic (exact) mass is 426 g/mol. The van der Waals surface area contributed by atoms with E-state index in [1.54, 1.807) is 12.1 Å². The summed E-state index contributed by atoms with van der Waals surface area (Å²) in [4.78, 5) is 12.6. The van der Waals surface area contributed by atoms with Crippen molar-refractivity contribution in [1.82, 2.24) is 15.1 Å². The van der Waals surface area contributed by atoms with Crippen molar-refractivity contribution in [1.29, 1.82) is 0 Å². The number of hydrogen-bond acceptors (Lipinski definition) is 3. The molecule has 29 heavy (non-hydrogen) atoms. The molecule has 0 saturated heterocycles. The van der Waals surface area contributed by atoms with Crippen molar-refractivity contribution in [3.63, 3.8) is 0 Å². The number of halogens is 4. The van der Waals surface area contributed by atoms with Gasteiger partial charge in [-0.2, -0.15) is 18.3 Å². The minimum absolute atomic E-state index is 0.0176. The van der Waals surface area contributed by atoms with Crippen molar-refractivity contribution < 1.29 is 18.0 Å². The van der Waals surface area contributed by atoms with Gasteiger partial charge in [0.25, 0.3) is 5.91 Å². The van der Waals surface area contributed by atoms with Gasteiger partial charge in [-0.3, -0.25) is 4.79 Å². The molecule has 2 N–H and O–H groups in total. The molecule has 9 heteroatoms. The predicted octanol–water partition coefficient (Wildman–Crippen LogP) is 5.18. The summed E-state index contributed by atoms with van der Waals surface area (Å²) in [7, 11) is 0. The van der Waals surface area contributed by atoms with Crippen LogP contribution >= 0.6 is 11.6 Å². The van der Waals surface area contributed by atoms with Gasteiger partial charge in [-0.1, -0.05) is 54.3 Å². The van der Waals surface area contributed by atoms with E-state index in [0.717, 1.165) is 41.5 Å². The van der Waals surface area contributed by atoms with Crippen LogP contribution in [0.15, 0.2) is 24.3 Å². The zero-order valence-electron chi connectivity index (χ0n) is 15.9. The summed E-state index contributed by atoms with van der Waals surface area (Å²) in [5, 5.41) is 9.80. The van der Waals surface area contributed by atoms with E-state index in [2.05, 4.69) is 15.7 Å². The van der Waals surface area contributed by atoms with Gasteiger partial charge in [-0.05, 0) is 25.3 Å². The molecule has 2 aliphatic rings. The largest absolute Gasteiger partial charge is 0.410 e. The number of anilines is 1. The zero-order chi connectivity index (χ0) is 20.8. The lowest BCUT2D eigenvalue weighted by molar-refractivity contribution is -0.173. The molecule has 1 aliphatic heterocycles. The van der Waals surface area contributed by atoms with Crippen LogP contribution in [0.3, 0.4) is 0 Å². The van der Waals surface area contributed by atoms with Crippen LogP contribution in [0.2, 0.25) is 5.02 Å². The van der Waals surface area contributed by atoms with Crippen LogP contribution in [0.1, 0.15) is 65.8 Å². The Morgan fingerprint density at radius 3 is 2.52 bits per heavy atom. The topological polar surface area (TPSA) is 59.0 Å². The van der Waals surface area contributed by atoms with Crippen LogP contribution < -0.4 is 10.6 Å². The van der Waals surface area contributed by atoms with Crippen LogP contribution in [0, 0.1) is 6.92 Å². The lowest BCUT2D eigenvalue weighted by Crippen LogP contribution is -2.36. The third kappa shape index (κ3) is 3.95. The van der Waals surface area contributed by atoms with Gasteiger partial charge in [0, 0.05) is 12.5 Å². The second kappa shape index (κ2) is 7.55. The van der Waals surface area contributed by atoms with E-state index in [1.165, 1.54) is 0 Å². The van der Waals surface area contributed by atoms with E-state index >= 15 is 0 Å². The Bertz CT molecular complexity index is 904. The van der Waals surface area contributed by atoms with Crippen molar-refractivity contribution in [3.05, 3.63) is 46.1 Å². The highest BCUT2D eigenvalue weighted by Crippen LogP contribution is 2.46. The molecule has 4 rings (SSSR count). The van der Waals surface area contributed by atoms with Crippen molar-refractivity contribution in [3.8, 4) is 0 Å². The van der Waals surface area contributed by atoms with Crippen molar-refractivity contribution in [2.75, 3.05) is 5.32 Å². The first-order valence-electron chi connectivity index (χ1n) is 9.72. The molecule has 2 atom stereocenters. The fourth-order valence-electron chi connectivity index (χ4n) is 4.08. The van der Waals surface area contributed by atoms with Crippen molar-refractivity contribution in [2.45, 2.75) is 63.3 Å². The molecule has 1 saturated carbocycles. The van der Waals surface area contributed by atoms with Gasteiger partial charge in [0.1, 0.15) is 10.8 Å². The van der Waals surface area contributed by atoms with E-state index in [-0.39, 0.29) is 29.0 Å². The van der Waals surface area contributed by atoms with Gasteiger partial charge < -0.3 is 10.6 Å². The molecule has 1 amide bonds. The van der Waals surface area contributed by atoms with Gasteiger partial charge in [0.05, 0.1) is 6.04 Å². The SMILES string of the molecule is Cc1ccc(C2CC(C(F)(F)F)n3nc(C(=O)NC4CCCC4)c(Cl)c3N2)cc1. The summed E-state index contributed by atoms with van der Waals surface area (Å²) < 4.78 is 42.2. The summed E-state index contributed by atoms with van der Waals surface area (Å²) >= 11 is 6.34. The molecule has 2 unspecified atom stereocenters. The molecular formula is C20H22ClF3N4O. The van der Waals surface area contributed by atoms with Gasteiger partial charge in [0.2, 0.25) is 0 Å². The first-order valence-corrected chi connectivity index (χ1v) is 10.1. The normalized spacial score (nSPS) is 22.2. The summed E-state index contributed by atoms with van der Waals surface area (Å²) in [6, 6.07) is 4.87. The lowest BCUT2D eigenvalue weighted by atomic mass is 9.96. The number of aromatic nitrogens is 2. The van der Waals surface area contributed by atoms with E-state index in [4.69, 9.17) is 11.6 Å². The number of carbonyl (C=O) groups is 1. The molecule has 1 aromatic carbocycles. The Morgan fingerprint density at radius 1 is 1.24 bits per heavy atom. The van der Waals surface area contributed by atoms with Gasteiger partial charge in [-0.25, -0.2) is 4.68 Å². The summed E-state index contributed by atoms with van der Waals surface area (Å²) in [5.41, 5.74) is 1.58. The molecule has 2 heterocycles. The number of nitrogens with zero attached hydrogens (tertiary/aromatic N) is 2. The van der Waals surface area contributed by atoms with E-state index in [0.29, 0.717) is 0 Å². The minimum Gasteiger partial charge on any atom is -0.362 e. The zero-order valence-corrected chi connectivity index (χ0v) is 16.6. The first kappa shape index (κ1) is 20.1. The van der Waals surface area contributed by atoms with Gasteiger partial charge in [-0.15, -0.1) is 0 Å². The summed E-state index contributed by atoms with van der Waals surface area (Å²) in [5.74, 6) is -0.499. The molecule has 156 valence electrons. The van der Waals surface area contributed by atoms with Crippen LogP contribution in [-0.2, 0) is 0 Å². The van der Waals surface area contributed by atoms with Crippen LogP contribution in [0.25, 0.3) is 0 Å². The van der Waals surface area contributed by atoms with E-state index in [9.17, 15) is 18.0 Å². The smallest absolute Gasteiger partial charge is 0.362 e. The second-order valence-electron chi connectivity index (χ2n) is 7.81. The average molecular weight is 427 g/mol. The fourth-order valence-corrected chi connectivity index (χ4v) is 4.34. The standard InChI is InChI=1S/C20H22ClF3N4O/c1-11-6-8-12(9-7-11)14-10-15(20(22,23)24)28-18(26-14)16(21)17(27-28)19(29)25-13-4-2-3-5-13/h6-9,13-15,26H,2-5,10H2,1H3,(H,25,29). The molecule has 0 spiro atoms. The van der Waals surface area contributed by atoms with Gasteiger partial charge >= 0.3 is 6.18 Å². The second-order valence-corrected chi connectivity index (χ2v) is 8.19. The van der Waals surface area contributed by atoms with Gasteiger partial charge in [0.15, 0.2) is 11.7 Å². The summed E-state index contributed by atoms with van der Waals surface area (Å²) in [6.07, 6.45) is -0.996. The van der Waals surface area contributed by atoms with E-state index < -0.39 is 24.2 Å². The number of fused-ring (bicyclic) bond motifs is 1. The maximum atomic E-state index is 13.8. The molecule has 5 nitrogen and oxygen atoms in total. The number of hydrogen-bond donors (Lipinski definition) is 2. The Morgan fingerprint density at radius 2 is 1.90 bits per heavy atom. The third-order valence-corrected chi connectivity index (χ3v) is 6.04. The third-order valence-electron chi connectivity index (χ3n) is 5.68. The Balaban J connectivity index is 1.68. The highest BCUT2D eigenvalue weighted by Gasteiger charge is 2.48. The van der Waals surface area contributed by atoms with Crippen molar-refractivity contribution in [2.24, 2.45) is 0 Å². The number of rotatable bonds is 3. The molecule has 1 aliphatic carbocycles. The maximum Gasteiger partial charge on any atom is 0.410 e. The number of aryl methyl sites for hydroxylation is 1.